The maximum Gasteiger partial charge on any atom is 0.0725 e. The lowest BCUT2D eigenvalue weighted by Crippen LogP contribution is -2.25. The average Bonchev–Trinajstić information content (AvgIpc) is 3.65. The summed E-state index contributed by atoms with van der Waals surface area (Å²) in [5.41, 5.74) is 20.2. The van der Waals surface area contributed by atoms with Crippen molar-refractivity contribution in [3.63, 3.8) is 0 Å². The minimum Gasteiger partial charge on any atom is -0.0622 e. The topological polar surface area (TPSA) is 0 Å². The summed E-state index contributed by atoms with van der Waals surface area (Å²) >= 11 is 0. The summed E-state index contributed by atoms with van der Waals surface area (Å²) in [6.07, 6.45) is 0. The van der Waals surface area contributed by atoms with Crippen molar-refractivity contribution in [2.45, 2.75) is 5.41 Å². The molecule has 0 amide bonds. The summed E-state index contributed by atoms with van der Waals surface area (Å²) in [4.78, 5) is 0. The SMILES string of the molecule is c1ccc(-c2cc(-c3ccccc3)c(-c3ccc4c(c3)C3(c5ccccc5-c5ccccc53)c3ccccc3-4)c(-c3ccccc3)c2)cc1. The molecule has 0 aliphatic heterocycles. The van der Waals surface area contributed by atoms with Gasteiger partial charge in [0.1, 0.15) is 0 Å². The monoisotopic (exact) mass is 620 g/mol. The number of hydrogen-bond acceptors (Lipinski definition) is 0. The quantitative estimate of drug-likeness (QED) is 0.184. The third-order valence-electron chi connectivity index (χ3n) is 10.7. The number of rotatable bonds is 4. The van der Waals surface area contributed by atoms with E-state index in [9.17, 15) is 0 Å². The van der Waals surface area contributed by atoms with Crippen molar-refractivity contribution in [3.05, 3.63) is 216 Å². The fourth-order valence-corrected chi connectivity index (χ4v) is 8.69. The van der Waals surface area contributed by atoms with Gasteiger partial charge in [-0.15, -0.1) is 0 Å². The minimum absolute atomic E-state index is 0.390. The summed E-state index contributed by atoms with van der Waals surface area (Å²) in [5, 5.41) is 0. The van der Waals surface area contributed by atoms with E-state index in [1.165, 1.54) is 89.0 Å². The van der Waals surface area contributed by atoms with Gasteiger partial charge in [-0.05, 0) is 107 Å². The van der Waals surface area contributed by atoms with Crippen LogP contribution in [0.1, 0.15) is 22.3 Å². The molecule has 0 heteroatoms. The lowest BCUT2D eigenvalue weighted by molar-refractivity contribution is 0.794. The first kappa shape index (κ1) is 27.8. The van der Waals surface area contributed by atoms with Crippen LogP contribution in [-0.2, 0) is 5.41 Å². The minimum atomic E-state index is -0.390. The van der Waals surface area contributed by atoms with Crippen LogP contribution in [0.2, 0.25) is 0 Å². The second-order valence-electron chi connectivity index (χ2n) is 13.2. The molecule has 1 spiro atoms. The van der Waals surface area contributed by atoms with Crippen molar-refractivity contribution in [1.29, 1.82) is 0 Å². The molecule has 228 valence electrons. The van der Waals surface area contributed by atoms with E-state index in [-0.39, 0.29) is 5.41 Å². The van der Waals surface area contributed by atoms with Crippen LogP contribution in [0.4, 0.5) is 0 Å². The normalized spacial score (nSPS) is 13.1. The average molecular weight is 621 g/mol. The Morgan fingerprint density at radius 3 is 1.08 bits per heavy atom. The summed E-state index contributed by atoms with van der Waals surface area (Å²) in [6, 6.07) is 71.8. The zero-order chi connectivity index (χ0) is 32.4. The molecule has 0 nitrogen and oxygen atoms in total. The van der Waals surface area contributed by atoms with Crippen LogP contribution in [0.5, 0.6) is 0 Å². The third kappa shape index (κ3) is 4.04. The Labute approximate surface area is 287 Å². The highest BCUT2D eigenvalue weighted by atomic mass is 14.5. The van der Waals surface area contributed by atoms with Gasteiger partial charge < -0.3 is 0 Å². The Morgan fingerprint density at radius 1 is 0.224 bits per heavy atom. The fraction of sp³-hybridized carbons (Fsp3) is 0.0204. The zero-order valence-electron chi connectivity index (χ0n) is 27.0. The van der Waals surface area contributed by atoms with E-state index >= 15 is 0 Å². The molecule has 0 aromatic heterocycles. The molecule has 0 unspecified atom stereocenters. The van der Waals surface area contributed by atoms with Gasteiger partial charge in [-0.2, -0.15) is 0 Å². The molecular weight excluding hydrogens is 589 g/mol. The van der Waals surface area contributed by atoms with Crippen LogP contribution >= 0.6 is 0 Å². The van der Waals surface area contributed by atoms with Crippen molar-refractivity contribution in [1.82, 2.24) is 0 Å². The molecular formula is C49H32. The Hall–Kier alpha value is -6.24. The number of benzene rings is 8. The van der Waals surface area contributed by atoms with Gasteiger partial charge in [0.2, 0.25) is 0 Å². The largest absolute Gasteiger partial charge is 0.0725 e. The van der Waals surface area contributed by atoms with E-state index in [1.807, 2.05) is 0 Å². The van der Waals surface area contributed by atoms with Crippen molar-refractivity contribution < 1.29 is 0 Å². The summed E-state index contributed by atoms with van der Waals surface area (Å²) in [5.74, 6) is 0. The Morgan fingerprint density at radius 2 is 0.612 bits per heavy atom. The molecule has 8 aromatic rings. The molecule has 0 saturated heterocycles. The van der Waals surface area contributed by atoms with Gasteiger partial charge in [0.25, 0.3) is 0 Å². The Bertz CT molecular complexity index is 2400. The molecule has 10 rings (SSSR count). The van der Waals surface area contributed by atoms with Crippen molar-refractivity contribution in [2.75, 3.05) is 0 Å². The molecule has 49 heavy (non-hydrogen) atoms. The fourth-order valence-electron chi connectivity index (χ4n) is 8.69. The van der Waals surface area contributed by atoms with Gasteiger partial charge in [0, 0.05) is 0 Å². The maximum absolute atomic E-state index is 2.52. The van der Waals surface area contributed by atoms with Gasteiger partial charge in [-0.25, -0.2) is 0 Å². The summed E-state index contributed by atoms with van der Waals surface area (Å²) in [7, 11) is 0. The van der Waals surface area contributed by atoms with Crippen LogP contribution in [-0.4, -0.2) is 0 Å². The van der Waals surface area contributed by atoms with Crippen LogP contribution in [0, 0.1) is 0 Å². The standard InChI is InChI=1S/C49H32/c1-4-16-33(17-5-1)37-30-42(34-18-6-2-7-19-34)48(43(31-37)35-20-8-3-9-21-35)36-28-29-41-40-24-12-15-27-46(40)49(47(41)32-36)44-25-13-10-22-38(44)39-23-11-14-26-45(39)49/h1-32H. The highest BCUT2D eigenvalue weighted by Gasteiger charge is 2.51. The van der Waals surface area contributed by atoms with Crippen LogP contribution in [0.3, 0.4) is 0 Å². The van der Waals surface area contributed by atoms with Crippen LogP contribution in [0.15, 0.2) is 194 Å². The highest BCUT2D eigenvalue weighted by molar-refractivity contribution is 6.01. The van der Waals surface area contributed by atoms with E-state index < -0.39 is 0 Å². The van der Waals surface area contributed by atoms with Crippen LogP contribution in [0.25, 0.3) is 66.8 Å². The third-order valence-corrected chi connectivity index (χ3v) is 10.7. The molecule has 0 heterocycles. The van der Waals surface area contributed by atoms with E-state index in [0.717, 1.165) is 0 Å². The first-order valence-electron chi connectivity index (χ1n) is 17.1. The van der Waals surface area contributed by atoms with E-state index in [0.29, 0.717) is 0 Å². The van der Waals surface area contributed by atoms with Gasteiger partial charge >= 0.3 is 0 Å². The van der Waals surface area contributed by atoms with Gasteiger partial charge in [0.15, 0.2) is 0 Å². The predicted octanol–water partition coefficient (Wildman–Crippen LogP) is 12.7. The van der Waals surface area contributed by atoms with Crippen molar-refractivity contribution >= 4 is 0 Å². The maximum atomic E-state index is 2.52. The summed E-state index contributed by atoms with van der Waals surface area (Å²) in [6.45, 7) is 0. The molecule has 0 N–H and O–H groups in total. The van der Waals surface area contributed by atoms with E-state index in [1.54, 1.807) is 0 Å². The molecule has 0 bridgehead atoms. The second-order valence-corrected chi connectivity index (χ2v) is 13.2. The lowest BCUT2D eigenvalue weighted by atomic mass is 9.70. The Balaban J connectivity index is 1.32. The highest BCUT2D eigenvalue weighted by Crippen LogP contribution is 2.63. The van der Waals surface area contributed by atoms with Gasteiger partial charge in [0.05, 0.1) is 5.41 Å². The molecule has 0 atom stereocenters. The summed E-state index contributed by atoms with van der Waals surface area (Å²) < 4.78 is 0. The lowest BCUT2D eigenvalue weighted by Gasteiger charge is -2.31. The zero-order valence-corrected chi connectivity index (χ0v) is 27.0. The number of hydrogen-bond donors (Lipinski definition) is 0. The van der Waals surface area contributed by atoms with Crippen LogP contribution < -0.4 is 0 Å². The molecule has 2 aliphatic rings. The molecule has 0 fully saturated rings. The predicted molar refractivity (Wildman–Crippen MR) is 204 cm³/mol. The molecule has 0 saturated carbocycles. The molecule has 0 radical (unpaired) electrons. The smallest absolute Gasteiger partial charge is 0.0622 e. The van der Waals surface area contributed by atoms with Crippen molar-refractivity contribution in [3.8, 4) is 66.8 Å². The van der Waals surface area contributed by atoms with Gasteiger partial charge in [-0.1, -0.05) is 176 Å². The Kier molecular flexibility index (Phi) is 6.19. The first-order valence-corrected chi connectivity index (χ1v) is 17.1. The second kappa shape index (κ2) is 10.9. The van der Waals surface area contributed by atoms with Crippen molar-refractivity contribution in [2.24, 2.45) is 0 Å². The van der Waals surface area contributed by atoms with E-state index in [4.69, 9.17) is 0 Å². The molecule has 8 aromatic carbocycles. The molecule has 2 aliphatic carbocycles. The first-order chi connectivity index (χ1) is 24.3. The van der Waals surface area contributed by atoms with E-state index in [2.05, 4.69) is 194 Å². The van der Waals surface area contributed by atoms with Gasteiger partial charge in [-0.3, -0.25) is 0 Å². The number of fused-ring (bicyclic) bond motifs is 10.